The van der Waals surface area contributed by atoms with Crippen molar-refractivity contribution in [3.05, 3.63) is 42.2 Å². The molecule has 5 nitrogen and oxygen atoms in total. The molecule has 1 aromatic rings. The standard InChI is InChI=1S/C25H41N3O2Si/c1-19(2)31(20(3)4,21(5)6)30-24-14-16-28(17-15-24)22(7)18-27-25(26-8)29-23-12-10-9-11-13-23/h9-13,18-21,24H,8,14-17H2,1-7H3/b22-18+,27-25?. The zero-order chi connectivity index (χ0) is 23.0. The molecule has 0 aliphatic carbocycles. The Morgan fingerprint density at radius 2 is 1.58 bits per heavy atom. The van der Waals surface area contributed by atoms with Crippen LogP contribution in [0.3, 0.4) is 0 Å². The van der Waals surface area contributed by atoms with Crippen LogP contribution in [0.5, 0.6) is 5.75 Å². The monoisotopic (exact) mass is 443 g/mol. The fourth-order valence-electron chi connectivity index (χ4n) is 4.95. The molecule has 0 amide bonds. The van der Waals surface area contributed by atoms with Gasteiger partial charge >= 0.3 is 6.02 Å². The van der Waals surface area contributed by atoms with E-state index in [1.807, 2.05) is 36.5 Å². The van der Waals surface area contributed by atoms with E-state index < -0.39 is 8.32 Å². The number of hydrogen-bond donors (Lipinski definition) is 0. The molecule has 0 unspecified atom stereocenters. The second kappa shape index (κ2) is 11.6. The molecule has 1 heterocycles. The molecule has 0 aromatic heterocycles. The molecule has 0 N–H and O–H groups in total. The summed E-state index contributed by atoms with van der Waals surface area (Å²) in [5, 5.41) is 0. The Labute approximate surface area is 190 Å². The number of benzene rings is 1. The number of piperidine rings is 1. The summed E-state index contributed by atoms with van der Waals surface area (Å²) in [5.41, 5.74) is 2.97. The number of amidine groups is 1. The quantitative estimate of drug-likeness (QED) is 0.257. The Balaban J connectivity index is 1.98. The Morgan fingerprint density at radius 1 is 1.03 bits per heavy atom. The summed E-state index contributed by atoms with van der Waals surface area (Å²) in [6.07, 6.45) is 4.30. The largest absolute Gasteiger partial charge is 0.424 e. The van der Waals surface area contributed by atoms with Crippen LogP contribution in [0.1, 0.15) is 61.3 Å². The number of rotatable bonds is 8. The molecular formula is C25H41N3O2Si. The Hall–Kier alpha value is -1.92. The van der Waals surface area contributed by atoms with Crippen molar-refractivity contribution in [2.75, 3.05) is 13.1 Å². The van der Waals surface area contributed by atoms with Gasteiger partial charge in [0.15, 0.2) is 0 Å². The number of aliphatic imine (C=N–C) groups is 2. The van der Waals surface area contributed by atoms with E-state index >= 15 is 0 Å². The maximum Gasteiger partial charge on any atom is 0.321 e. The Morgan fingerprint density at radius 3 is 2.06 bits per heavy atom. The average molecular weight is 444 g/mol. The predicted molar refractivity (Wildman–Crippen MR) is 135 cm³/mol. The lowest BCUT2D eigenvalue weighted by Crippen LogP contribution is -2.52. The number of para-hydroxylation sites is 1. The van der Waals surface area contributed by atoms with Gasteiger partial charge in [0.25, 0.3) is 0 Å². The highest BCUT2D eigenvalue weighted by molar-refractivity contribution is 6.77. The van der Waals surface area contributed by atoms with Gasteiger partial charge in [-0.05, 0) is 55.2 Å². The zero-order valence-electron chi connectivity index (χ0n) is 20.5. The van der Waals surface area contributed by atoms with Crippen LogP contribution in [-0.4, -0.2) is 45.1 Å². The van der Waals surface area contributed by atoms with E-state index in [2.05, 4.69) is 70.1 Å². The van der Waals surface area contributed by atoms with Gasteiger partial charge in [-0.15, -0.1) is 0 Å². The van der Waals surface area contributed by atoms with Gasteiger partial charge in [-0.1, -0.05) is 59.7 Å². The molecule has 0 atom stereocenters. The summed E-state index contributed by atoms with van der Waals surface area (Å²) in [6.45, 7) is 21.8. The van der Waals surface area contributed by atoms with E-state index in [1.54, 1.807) is 0 Å². The van der Waals surface area contributed by atoms with Crippen molar-refractivity contribution in [1.29, 1.82) is 0 Å². The minimum atomic E-state index is -1.83. The van der Waals surface area contributed by atoms with Gasteiger partial charge in [-0.3, -0.25) is 0 Å². The fraction of sp³-hybridized carbons (Fsp3) is 0.600. The summed E-state index contributed by atoms with van der Waals surface area (Å²) in [6, 6.07) is 9.77. The molecule has 0 bridgehead atoms. The highest BCUT2D eigenvalue weighted by Crippen LogP contribution is 2.44. The van der Waals surface area contributed by atoms with Gasteiger partial charge < -0.3 is 14.1 Å². The molecule has 1 saturated heterocycles. The molecule has 1 aliphatic rings. The third kappa shape index (κ3) is 6.53. The van der Waals surface area contributed by atoms with Gasteiger partial charge in [0, 0.05) is 24.9 Å². The van der Waals surface area contributed by atoms with Crippen LogP contribution < -0.4 is 4.74 Å². The minimum absolute atomic E-state index is 0.255. The van der Waals surface area contributed by atoms with Crippen molar-refractivity contribution in [3.8, 4) is 5.75 Å². The SMILES string of the molecule is C=NC(=N/C=C(\C)N1CCC(O[Si](C(C)C)(C(C)C)C(C)C)CC1)Oc1ccccc1. The van der Waals surface area contributed by atoms with Crippen LogP contribution >= 0.6 is 0 Å². The molecule has 0 saturated carbocycles. The smallest absolute Gasteiger partial charge is 0.321 e. The normalized spacial score (nSPS) is 17.0. The first-order valence-corrected chi connectivity index (χ1v) is 13.7. The molecule has 1 aromatic carbocycles. The predicted octanol–water partition coefficient (Wildman–Crippen LogP) is 6.64. The van der Waals surface area contributed by atoms with E-state index in [0.29, 0.717) is 28.5 Å². The maximum absolute atomic E-state index is 7.00. The lowest BCUT2D eigenvalue weighted by Gasteiger charge is -2.46. The summed E-state index contributed by atoms with van der Waals surface area (Å²) in [5.74, 6) is 0.700. The van der Waals surface area contributed by atoms with E-state index in [1.165, 1.54) is 0 Å². The van der Waals surface area contributed by atoms with E-state index in [0.717, 1.165) is 31.6 Å². The van der Waals surface area contributed by atoms with Crippen molar-refractivity contribution in [3.63, 3.8) is 0 Å². The molecule has 31 heavy (non-hydrogen) atoms. The van der Waals surface area contributed by atoms with Crippen molar-refractivity contribution >= 4 is 21.1 Å². The second-order valence-corrected chi connectivity index (χ2v) is 14.8. The third-order valence-electron chi connectivity index (χ3n) is 6.47. The summed E-state index contributed by atoms with van der Waals surface area (Å²) in [4.78, 5) is 10.7. The Bertz CT molecular complexity index is 730. The number of likely N-dealkylation sites (tertiary alicyclic amines) is 1. The number of ether oxygens (including phenoxy) is 1. The van der Waals surface area contributed by atoms with Gasteiger partial charge in [0.1, 0.15) is 5.75 Å². The van der Waals surface area contributed by atoms with E-state index in [-0.39, 0.29) is 6.02 Å². The number of hydrogen-bond acceptors (Lipinski definition) is 4. The topological polar surface area (TPSA) is 46.4 Å². The van der Waals surface area contributed by atoms with Crippen LogP contribution in [-0.2, 0) is 4.43 Å². The summed E-state index contributed by atoms with van der Waals surface area (Å²) in [7, 11) is -1.83. The highest BCUT2D eigenvalue weighted by Gasteiger charge is 2.46. The molecule has 1 fully saturated rings. The van der Waals surface area contributed by atoms with Crippen molar-refractivity contribution in [2.45, 2.75) is 84.0 Å². The molecular weight excluding hydrogens is 402 g/mol. The van der Waals surface area contributed by atoms with Crippen LogP contribution in [0.2, 0.25) is 16.6 Å². The molecule has 6 heteroatoms. The number of nitrogens with zero attached hydrogens (tertiary/aromatic N) is 3. The van der Waals surface area contributed by atoms with Crippen molar-refractivity contribution < 1.29 is 9.16 Å². The molecule has 0 spiro atoms. The average Bonchev–Trinajstić information content (AvgIpc) is 2.75. The fourth-order valence-corrected chi connectivity index (χ4v) is 10.6. The molecule has 1 aliphatic heterocycles. The molecule has 172 valence electrons. The van der Waals surface area contributed by atoms with E-state index in [9.17, 15) is 0 Å². The lowest BCUT2D eigenvalue weighted by molar-refractivity contribution is 0.100. The lowest BCUT2D eigenvalue weighted by atomic mass is 10.1. The van der Waals surface area contributed by atoms with E-state index in [4.69, 9.17) is 9.16 Å². The van der Waals surface area contributed by atoms with Crippen LogP contribution in [0.4, 0.5) is 0 Å². The highest BCUT2D eigenvalue weighted by atomic mass is 28.4. The van der Waals surface area contributed by atoms with Crippen LogP contribution in [0, 0.1) is 0 Å². The maximum atomic E-state index is 7.00. The molecule has 0 radical (unpaired) electrons. The van der Waals surface area contributed by atoms with Gasteiger partial charge in [0.05, 0.1) is 6.20 Å². The first-order valence-electron chi connectivity index (χ1n) is 11.6. The van der Waals surface area contributed by atoms with Gasteiger partial charge in [-0.2, -0.15) is 0 Å². The van der Waals surface area contributed by atoms with Gasteiger partial charge in [-0.25, -0.2) is 9.98 Å². The Kier molecular flexibility index (Phi) is 9.50. The van der Waals surface area contributed by atoms with Crippen molar-refractivity contribution in [2.24, 2.45) is 9.98 Å². The first-order chi connectivity index (χ1) is 14.7. The van der Waals surface area contributed by atoms with Crippen LogP contribution in [0.15, 0.2) is 52.2 Å². The second-order valence-electron chi connectivity index (χ2n) is 9.38. The zero-order valence-corrected chi connectivity index (χ0v) is 21.5. The van der Waals surface area contributed by atoms with Crippen LogP contribution in [0.25, 0.3) is 0 Å². The summed E-state index contributed by atoms with van der Waals surface area (Å²) >= 11 is 0. The summed E-state index contributed by atoms with van der Waals surface area (Å²) < 4.78 is 12.7. The van der Waals surface area contributed by atoms with Gasteiger partial charge in [0.2, 0.25) is 8.32 Å². The first kappa shape index (κ1) is 25.3. The minimum Gasteiger partial charge on any atom is -0.424 e. The molecule has 2 rings (SSSR count). The van der Waals surface area contributed by atoms with Crippen molar-refractivity contribution in [1.82, 2.24) is 4.90 Å². The third-order valence-corrected chi connectivity index (χ3v) is 12.6. The number of allylic oxidation sites excluding steroid dienone is 1.